The van der Waals surface area contributed by atoms with E-state index in [9.17, 15) is 9.59 Å². The van der Waals surface area contributed by atoms with E-state index in [4.69, 9.17) is 9.52 Å². The van der Waals surface area contributed by atoms with Crippen molar-refractivity contribution in [2.45, 2.75) is 43.9 Å². The molecule has 2 atom stereocenters. The molecule has 1 amide bonds. The first-order valence-corrected chi connectivity index (χ1v) is 7.91. The van der Waals surface area contributed by atoms with Gasteiger partial charge in [-0.05, 0) is 18.6 Å². The van der Waals surface area contributed by atoms with Crippen molar-refractivity contribution < 1.29 is 19.1 Å². The standard InChI is InChI=1S/C14H19NO4S/c1-2-20-12-6-4-3-5-10(12)15-13(16)11-7-9(8-19-11)14(17)18/h7-8,10,12H,2-6H2,1H3,(H,15,16)(H,17,18). The zero-order chi connectivity index (χ0) is 14.5. The first-order valence-electron chi connectivity index (χ1n) is 6.86. The molecular formula is C14H19NO4S. The van der Waals surface area contributed by atoms with Gasteiger partial charge in [0.05, 0.1) is 5.56 Å². The van der Waals surface area contributed by atoms with Crippen molar-refractivity contribution in [2.75, 3.05) is 5.75 Å². The molecule has 110 valence electrons. The Kier molecular flexibility index (Phi) is 5.11. The van der Waals surface area contributed by atoms with Gasteiger partial charge in [-0.3, -0.25) is 4.79 Å². The summed E-state index contributed by atoms with van der Waals surface area (Å²) in [6.07, 6.45) is 5.49. The monoisotopic (exact) mass is 297 g/mol. The number of thioether (sulfide) groups is 1. The van der Waals surface area contributed by atoms with E-state index in [2.05, 4.69) is 12.2 Å². The fraction of sp³-hybridized carbons (Fsp3) is 0.571. The Bertz CT molecular complexity index is 483. The van der Waals surface area contributed by atoms with Crippen LogP contribution in [-0.4, -0.2) is 34.0 Å². The molecule has 1 saturated carbocycles. The minimum Gasteiger partial charge on any atom is -0.478 e. The van der Waals surface area contributed by atoms with Gasteiger partial charge in [0.1, 0.15) is 6.26 Å². The van der Waals surface area contributed by atoms with Crippen LogP contribution in [0.5, 0.6) is 0 Å². The van der Waals surface area contributed by atoms with Crippen molar-refractivity contribution in [1.29, 1.82) is 0 Å². The number of rotatable bonds is 5. The van der Waals surface area contributed by atoms with Crippen molar-refractivity contribution in [3.05, 3.63) is 23.7 Å². The quantitative estimate of drug-likeness (QED) is 0.873. The number of carbonyl (C=O) groups is 2. The van der Waals surface area contributed by atoms with Crippen LogP contribution in [0.1, 0.15) is 53.5 Å². The molecule has 20 heavy (non-hydrogen) atoms. The molecule has 1 aliphatic carbocycles. The molecule has 2 unspecified atom stereocenters. The minimum absolute atomic E-state index is 0.00160. The van der Waals surface area contributed by atoms with Crippen LogP contribution in [0.2, 0.25) is 0 Å². The predicted octanol–water partition coefficient (Wildman–Crippen LogP) is 2.77. The first-order chi connectivity index (χ1) is 9.61. The molecule has 1 fully saturated rings. The normalized spacial score (nSPS) is 22.4. The molecular weight excluding hydrogens is 278 g/mol. The van der Waals surface area contributed by atoms with Gasteiger partial charge in [-0.2, -0.15) is 11.8 Å². The van der Waals surface area contributed by atoms with E-state index in [0.29, 0.717) is 5.25 Å². The van der Waals surface area contributed by atoms with Crippen LogP contribution < -0.4 is 5.32 Å². The number of carbonyl (C=O) groups excluding carboxylic acids is 1. The summed E-state index contributed by atoms with van der Waals surface area (Å²) in [5.41, 5.74) is -0.00160. The van der Waals surface area contributed by atoms with Gasteiger partial charge in [0, 0.05) is 17.4 Å². The van der Waals surface area contributed by atoms with E-state index >= 15 is 0 Å². The molecule has 1 aromatic rings. The lowest BCUT2D eigenvalue weighted by Gasteiger charge is -2.31. The van der Waals surface area contributed by atoms with Crippen LogP contribution in [0, 0.1) is 0 Å². The highest BCUT2D eigenvalue weighted by Gasteiger charge is 2.27. The first kappa shape index (κ1) is 15.0. The van der Waals surface area contributed by atoms with Gasteiger partial charge in [-0.25, -0.2) is 4.79 Å². The van der Waals surface area contributed by atoms with Crippen molar-refractivity contribution in [3.8, 4) is 0 Å². The van der Waals surface area contributed by atoms with Gasteiger partial charge in [-0.1, -0.05) is 19.8 Å². The zero-order valence-corrected chi connectivity index (χ0v) is 12.2. The maximum Gasteiger partial charge on any atom is 0.338 e. The number of carboxylic acids is 1. The molecule has 0 saturated heterocycles. The summed E-state index contributed by atoms with van der Waals surface area (Å²) in [6, 6.07) is 1.40. The number of hydrogen-bond acceptors (Lipinski definition) is 4. The van der Waals surface area contributed by atoms with E-state index < -0.39 is 5.97 Å². The van der Waals surface area contributed by atoms with Crippen molar-refractivity contribution in [2.24, 2.45) is 0 Å². The molecule has 0 aliphatic heterocycles. The Balaban J connectivity index is 1.99. The van der Waals surface area contributed by atoms with Gasteiger partial charge >= 0.3 is 5.97 Å². The molecule has 1 heterocycles. The lowest BCUT2D eigenvalue weighted by atomic mass is 9.95. The number of amides is 1. The summed E-state index contributed by atoms with van der Waals surface area (Å²) in [4.78, 5) is 22.9. The van der Waals surface area contributed by atoms with Crippen molar-refractivity contribution in [1.82, 2.24) is 5.32 Å². The summed E-state index contributed by atoms with van der Waals surface area (Å²) in [7, 11) is 0. The molecule has 0 radical (unpaired) electrons. The second kappa shape index (κ2) is 6.83. The largest absolute Gasteiger partial charge is 0.478 e. The number of aromatic carboxylic acids is 1. The Hall–Kier alpha value is -1.43. The van der Waals surface area contributed by atoms with Gasteiger partial charge < -0.3 is 14.8 Å². The van der Waals surface area contributed by atoms with Gasteiger partial charge in [-0.15, -0.1) is 0 Å². The third-order valence-corrected chi connectivity index (χ3v) is 4.80. The molecule has 1 aromatic heterocycles. The van der Waals surface area contributed by atoms with E-state index in [1.165, 1.54) is 12.5 Å². The van der Waals surface area contributed by atoms with Crippen molar-refractivity contribution in [3.63, 3.8) is 0 Å². The molecule has 0 spiro atoms. The minimum atomic E-state index is -1.09. The fourth-order valence-electron chi connectivity index (χ4n) is 2.48. The van der Waals surface area contributed by atoms with Crippen LogP contribution >= 0.6 is 11.8 Å². The van der Waals surface area contributed by atoms with E-state index in [1.807, 2.05) is 11.8 Å². The lowest BCUT2D eigenvalue weighted by Crippen LogP contribution is -2.43. The number of hydrogen-bond donors (Lipinski definition) is 2. The van der Waals surface area contributed by atoms with Crippen LogP contribution in [-0.2, 0) is 0 Å². The maximum atomic E-state index is 12.1. The molecule has 6 heteroatoms. The third-order valence-electron chi connectivity index (χ3n) is 3.47. The Morgan fingerprint density at radius 3 is 2.85 bits per heavy atom. The van der Waals surface area contributed by atoms with E-state index in [1.54, 1.807) is 0 Å². The number of furan rings is 1. The van der Waals surface area contributed by atoms with Gasteiger partial charge in [0.25, 0.3) is 5.91 Å². The third kappa shape index (κ3) is 3.56. The molecule has 5 nitrogen and oxygen atoms in total. The molecule has 0 aromatic carbocycles. The van der Waals surface area contributed by atoms with E-state index in [0.717, 1.165) is 31.3 Å². The second-order valence-electron chi connectivity index (χ2n) is 4.86. The molecule has 1 aliphatic rings. The topological polar surface area (TPSA) is 79.5 Å². The Morgan fingerprint density at radius 2 is 2.20 bits per heavy atom. The van der Waals surface area contributed by atoms with Crippen LogP contribution in [0.3, 0.4) is 0 Å². The summed E-state index contributed by atoms with van der Waals surface area (Å²) in [5, 5.41) is 12.2. The Labute approximate surface area is 122 Å². The van der Waals surface area contributed by atoms with Gasteiger partial charge in [0.15, 0.2) is 5.76 Å². The smallest absolute Gasteiger partial charge is 0.338 e. The van der Waals surface area contributed by atoms with Crippen LogP contribution in [0.25, 0.3) is 0 Å². The maximum absolute atomic E-state index is 12.1. The van der Waals surface area contributed by atoms with Gasteiger partial charge in [0.2, 0.25) is 0 Å². The summed E-state index contributed by atoms with van der Waals surface area (Å²) < 4.78 is 5.02. The lowest BCUT2D eigenvalue weighted by molar-refractivity contribution is 0.0695. The SMILES string of the molecule is CCSC1CCCCC1NC(=O)c1cc(C(=O)O)co1. The summed E-state index contributed by atoms with van der Waals surface area (Å²) in [6.45, 7) is 2.11. The highest BCUT2D eigenvalue weighted by molar-refractivity contribution is 7.99. The average molecular weight is 297 g/mol. The fourth-order valence-corrected chi connectivity index (χ4v) is 3.68. The van der Waals surface area contributed by atoms with E-state index in [-0.39, 0.29) is 23.3 Å². The summed E-state index contributed by atoms with van der Waals surface area (Å²) >= 11 is 1.87. The van der Waals surface area contributed by atoms with Crippen molar-refractivity contribution >= 4 is 23.6 Å². The van der Waals surface area contributed by atoms with Crippen LogP contribution in [0.4, 0.5) is 0 Å². The number of nitrogens with one attached hydrogen (secondary N) is 1. The van der Waals surface area contributed by atoms with Crippen LogP contribution in [0.15, 0.2) is 16.7 Å². The average Bonchev–Trinajstić information content (AvgIpc) is 2.91. The predicted molar refractivity (Wildman–Crippen MR) is 77.3 cm³/mol. The molecule has 0 bridgehead atoms. The number of carboxylic acid groups (broad SMARTS) is 1. The molecule has 2 rings (SSSR count). The highest BCUT2D eigenvalue weighted by atomic mass is 32.2. The highest BCUT2D eigenvalue weighted by Crippen LogP contribution is 2.28. The molecule has 2 N–H and O–H groups in total. The summed E-state index contributed by atoms with van der Waals surface area (Å²) in [5.74, 6) is -0.328. The Morgan fingerprint density at radius 1 is 1.45 bits per heavy atom. The second-order valence-corrected chi connectivity index (χ2v) is 6.38. The zero-order valence-electron chi connectivity index (χ0n) is 11.4.